The lowest BCUT2D eigenvalue weighted by Gasteiger charge is -2.34. The summed E-state index contributed by atoms with van der Waals surface area (Å²) < 4.78 is 0. The van der Waals surface area contributed by atoms with Crippen LogP contribution in [-0.4, -0.2) is 47.8 Å². The summed E-state index contributed by atoms with van der Waals surface area (Å²) >= 11 is 0. The highest BCUT2D eigenvalue weighted by molar-refractivity contribution is 5.57. The quantitative estimate of drug-likeness (QED) is 0.721. The first-order valence-corrected chi connectivity index (χ1v) is 6.25. The molecule has 0 aromatic carbocycles. The molecule has 0 N–H and O–H groups in total. The summed E-state index contributed by atoms with van der Waals surface area (Å²) in [6, 6.07) is 4.39. The zero-order chi connectivity index (χ0) is 13.8. The number of hydrogen-bond donors (Lipinski definition) is 0. The lowest BCUT2D eigenvalue weighted by Crippen LogP contribution is -2.47. The van der Waals surface area contributed by atoms with Gasteiger partial charge in [0, 0.05) is 26.2 Å². The third-order valence-electron chi connectivity index (χ3n) is 3.51. The van der Waals surface area contributed by atoms with Gasteiger partial charge in [0.1, 0.15) is 11.6 Å². The number of aromatic nitrogens is 2. The molecule has 0 aliphatic carbocycles. The van der Waals surface area contributed by atoms with Crippen molar-refractivity contribution in [1.29, 1.82) is 10.5 Å². The van der Waals surface area contributed by atoms with E-state index in [1.165, 1.54) is 0 Å². The summed E-state index contributed by atoms with van der Waals surface area (Å²) in [4.78, 5) is 4.17. The van der Waals surface area contributed by atoms with Crippen molar-refractivity contribution in [2.75, 3.05) is 37.6 Å². The van der Waals surface area contributed by atoms with Gasteiger partial charge in [0.2, 0.25) is 0 Å². The van der Waals surface area contributed by atoms with Crippen LogP contribution >= 0.6 is 0 Å². The molecule has 1 fully saturated rings. The minimum atomic E-state index is 0.456. The van der Waals surface area contributed by atoms with E-state index >= 15 is 0 Å². The van der Waals surface area contributed by atoms with E-state index in [0.29, 0.717) is 17.9 Å². The van der Waals surface area contributed by atoms with Gasteiger partial charge in [-0.25, -0.2) is 0 Å². The fourth-order valence-corrected chi connectivity index (χ4v) is 2.17. The molecule has 0 bridgehead atoms. The largest absolute Gasteiger partial charge is 0.351 e. The predicted octanol–water partition coefficient (Wildman–Crippen LogP) is 0.611. The van der Waals surface area contributed by atoms with Gasteiger partial charge in [-0.15, -0.1) is 5.10 Å². The zero-order valence-electron chi connectivity index (χ0n) is 11.2. The van der Waals surface area contributed by atoms with Gasteiger partial charge in [-0.1, -0.05) is 0 Å². The van der Waals surface area contributed by atoms with E-state index in [1.807, 2.05) is 13.8 Å². The molecule has 98 valence electrons. The van der Waals surface area contributed by atoms with E-state index in [2.05, 4.69) is 32.1 Å². The molecule has 6 nitrogen and oxygen atoms in total. The first-order chi connectivity index (χ1) is 9.17. The number of nitriles is 2. The molecule has 0 saturated carbocycles. The van der Waals surface area contributed by atoms with E-state index in [1.54, 1.807) is 0 Å². The van der Waals surface area contributed by atoms with Crippen molar-refractivity contribution in [3.8, 4) is 12.1 Å². The van der Waals surface area contributed by atoms with E-state index in [0.717, 1.165) is 37.4 Å². The van der Waals surface area contributed by atoms with Crippen LogP contribution in [-0.2, 0) is 0 Å². The molecule has 2 heterocycles. The Labute approximate surface area is 112 Å². The van der Waals surface area contributed by atoms with Crippen LogP contribution in [0.2, 0.25) is 0 Å². The minimum Gasteiger partial charge on any atom is -0.351 e. The molecule has 0 atom stereocenters. The first-order valence-electron chi connectivity index (χ1n) is 6.25. The van der Waals surface area contributed by atoms with Crippen molar-refractivity contribution in [1.82, 2.24) is 15.1 Å². The predicted molar refractivity (Wildman–Crippen MR) is 70.5 cm³/mol. The highest BCUT2D eigenvalue weighted by atomic mass is 15.3. The topological polar surface area (TPSA) is 79.8 Å². The molecule has 0 amide bonds. The number of anilines is 1. The van der Waals surface area contributed by atoms with Gasteiger partial charge in [-0.3, -0.25) is 4.90 Å². The maximum absolute atomic E-state index is 9.29. The van der Waals surface area contributed by atoms with E-state index in [4.69, 9.17) is 5.26 Å². The number of hydrogen-bond acceptors (Lipinski definition) is 6. The monoisotopic (exact) mass is 256 g/mol. The van der Waals surface area contributed by atoms with Crippen molar-refractivity contribution in [3.63, 3.8) is 0 Å². The van der Waals surface area contributed by atoms with Gasteiger partial charge in [0.25, 0.3) is 0 Å². The van der Waals surface area contributed by atoms with Crippen LogP contribution in [0.4, 0.5) is 5.82 Å². The third kappa shape index (κ3) is 2.64. The van der Waals surface area contributed by atoms with Gasteiger partial charge < -0.3 is 4.90 Å². The van der Waals surface area contributed by atoms with Gasteiger partial charge in [0.15, 0.2) is 5.82 Å². The van der Waals surface area contributed by atoms with Crippen LogP contribution in [0, 0.1) is 36.5 Å². The maximum atomic E-state index is 9.29. The molecular weight excluding hydrogens is 240 g/mol. The number of rotatable bonds is 2. The minimum absolute atomic E-state index is 0.456. The molecule has 6 heteroatoms. The van der Waals surface area contributed by atoms with Gasteiger partial charge in [0.05, 0.1) is 18.3 Å². The molecule has 19 heavy (non-hydrogen) atoms. The highest BCUT2D eigenvalue weighted by Gasteiger charge is 2.22. The summed E-state index contributed by atoms with van der Waals surface area (Å²) in [6.07, 6.45) is 0. The number of piperazine rings is 1. The van der Waals surface area contributed by atoms with E-state index in [-0.39, 0.29) is 0 Å². The summed E-state index contributed by atoms with van der Waals surface area (Å²) in [5.74, 6) is 0.669. The van der Waals surface area contributed by atoms with Crippen LogP contribution in [0.25, 0.3) is 0 Å². The highest BCUT2D eigenvalue weighted by Crippen LogP contribution is 2.22. The van der Waals surface area contributed by atoms with E-state index in [9.17, 15) is 5.26 Å². The second-order valence-corrected chi connectivity index (χ2v) is 4.64. The average molecular weight is 256 g/mol. The average Bonchev–Trinajstić information content (AvgIpc) is 2.43. The van der Waals surface area contributed by atoms with Crippen molar-refractivity contribution in [2.24, 2.45) is 0 Å². The lowest BCUT2D eigenvalue weighted by atomic mass is 10.1. The smallest absolute Gasteiger partial charge is 0.169 e. The Balaban J connectivity index is 2.19. The molecule has 1 aliphatic rings. The Morgan fingerprint density at radius 2 is 1.79 bits per heavy atom. The summed E-state index contributed by atoms with van der Waals surface area (Å²) in [6.45, 7) is 7.38. The Bertz CT molecular complexity index is 545. The van der Waals surface area contributed by atoms with Crippen molar-refractivity contribution < 1.29 is 0 Å². The van der Waals surface area contributed by atoms with Crippen LogP contribution in [0.15, 0.2) is 0 Å². The lowest BCUT2D eigenvalue weighted by molar-refractivity contribution is 0.286. The standard InChI is InChI=1S/C13H16N6/c1-10-11(2)16-17-13(12(10)9-15)19-7-5-18(4-3-14)6-8-19/h4-8H2,1-2H3. The number of nitrogens with zero attached hydrogens (tertiary/aromatic N) is 6. The van der Waals surface area contributed by atoms with Crippen molar-refractivity contribution in [3.05, 3.63) is 16.8 Å². The molecule has 0 radical (unpaired) electrons. The maximum Gasteiger partial charge on any atom is 0.169 e. The first kappa shape index (κ1) is 13.3. The summed E-state index contributed by atoms with van der Waals surface area (Å²) in [5, 5.41) is 26.3. The zero-order valence-corrected chi connectivity index (χ0v) is 11.2. The van der Waals surface area contributed by atoms with E-state index < -0.39 is 0 Å². The second kappa shape index (κ2) is 5.64. The number of aryl methyl sites for hydroxylation is 1. The summed E-state index contributed by atoms with van der Waals surface area (Å²) in [5.41, 5.74) is 2.30. The van der Waals surface area contributed by atoms with Crippen molar-refractivity contribution >= 4 is 5.82 Å². The molecule has 1 aliphatic heterocycles. The van der Waals surface area contributed by atoms with Crippen LogP contribution in [0.1, 0.15) is 16.8 Å². The molecule has 1 aromatic rings. The Kier molecular flexibility index (Phi) is 3.94. The van der Waals surface area contributed by atoms with Gasteiger partial charge >= 0.3 is 0 Å². The van der Waals surface area contributed by atoms with Crippen LogP contribution in [0.5, 0.6) is 0 Å². The molecule has 2 rings (SSSR count). The van der Waals surface area contributed by atoms with Crippen molar-refractivity contribution in [2.45, 2.75) is 13.8 Å². The van der Waals surface area contributed by atoms with Crippen LogP contribution in [0.3, 0.4) is 0 Å². The second-order valence-electron chi connectivity index (χ2n) is 4.64. The normalized spacial score (nSPS) is 15.9. The summed E-state index contributed by atoms with van der Waals surface area (Å²) in [7, 11) is 0. The van der Waals surface area contributed by atoms with Gasteiger partial charge in [-0.05, 0) is 19.4 Å². The Hall–Kier alpha value is -2.18. The Morgan fingerprint density at radius 3 is 2.37 bits per heavy atom. The molecular formula is C13H16N6. The third-order valence-corrected chi connectivity index (χ3v) is 3.51. The van der Waals surface area contributed by atoms with Crippen LogP contribution < -0.4 is 4.90 Å². The fraction of sp³-hybridized carbons (Fsp3) is 0.538. The molecule has 1 aromatic heterocycles. The molecule has 1 saturated heterocycles. The molecule has 0 unspecified atom stereocenters. The Morgan fingerprint density at radius 1 is 1.11 bits per heavy atom. The van der Waals surface area contributed by atoms with Gasteiger partial charge in [-0.2, -0.15) is 15.6 Å². The molecule has 0 spiro atoms. The fourth-order valence-electron chi connectivity index (χ4n) is 2.17. The SMILES string of the molecule is Cc1nnc(N2CCN(CC#N)CC2)c(C#N)c1C.